The van der Waals surface area contributed by atoms with Gasteiger partial charge in [-0.25, -0.2) is 4.68 Å². The first-order valence-electron chi connectivity index (χ1n) is 11.1. The summed E-state index contributed by atoms with van der Waals surface area (Å²) in [4.78, 5) is 13.7. The first-order valence-corrected chi connectivity index (χ1v) is 12.4. The zero-order valence-electron chi connectivity index (χ0n) is 18.8. The third-order valence-corrected chi connectivity index (χ3v) is 7.41. The average Bonchev–Trinajstić information content (AvgIpc) is 3.28. The van der Waals surface area contributed by atoms with E-state index >= 15 is 0 Å². The van der Waals surface area contributed by atoms with Gasteiger partial charge in [-0.2, -0.15) is 0 Å². The van der Waals surface area contributed by atoms with Crippen LogP contribution in [0.2, 0.25) is 5.02 Å². The number of fused-ring (bicyclic) bond motifs is 1. The number of carbonyl (C=O) groups is 1. The van der Waals surface area contributed by atoms with Gasteiger partial charge in [0, 0.05) is 16.3 Å². The fourth-order valence-electron chi connectivity index (χ4n) is 4.15. The van der Waals surface area contributed by atoms with Gasteiger partial charge in [0.25, 0.3) is 0 Å². The summed E-state index contributed by atoms with van der Waals surface area (Å²) in [5.74, 6) is 0.616. The van der Waals surface area contributed by atoms with E-state index in [9.17, 15) is 4.79 Å². The van der Waals surface area contributed by atoms with Crippen LogP contribution >= 0.6 is 23.4 Å². The molecule has 2 heterocycles. The summed E-state index contributed by atoms with van der Waals surface area (Å²) < 4.78 is 1.87. The molecule has 1 amide bonds. The molecule has 1 aliphatic rings. The summed E-state index contributed by atoms with van der Waals surface area (Å²) in [6, 6.07) is 23.2. The van der Waals surface area contributed by atoms with Crippen LogP contribution in [0.3, 0.4) is 0 Å². The molecule has 2 N–H and O–H groups in total. The van der Waals surface area contributed by atoms with Crippen molar-refractivity contribution in [1.29, 1.82) is 0 Å². The van der Waals surface area contributed by atoms with Gasteiger partial charge in [0.15, 0.2) is 5.82 Å². The molecule has 0 bridgehead atoms. The van der Waals surface area contributed by atoms with Crippen LogP contribution in [-0.4, -0.2) is 26.0 Å². The van der Waals surface area contributed by atoms with E-state index in [1.54, 1.807) is 0 Å². The molecule has 4 aromatic rings. The largest absolute Gasteiger partial charge is 0.325 e. The van der Waals surface area contributed by atoms with Gasteiger partial charge in [0.1, 0.15) is 5.25 Å². The zero-order valence-corrected chi connectivity index (χ0v) is 20.4. The first kappa shape index (κ1) is 22.5. The van der Waals surface area contributed by atoms with Crippen LogP contribution < -0.4 is 10.7 Å². The van der Waals surface area contributed by atoms with Gasteiger partial charge < -0.3 is 10.7 Å². The van der Waals surface area contributed by atoms with Crippen LogP contribution in [0.4, 0.5) is 5.69 Å². The maximum atomic E-state index is 13.7. The Morgan fingerprint density at radius 3 is 2.56 bits per heavy atom. The predicted molar refractivity (Wildman–Crippen MR) is 138 cm³/mol. The van der Waals surface area contributed by atoms with E-state index in [1.807, 2.05) is 84.4 Å². The number of hydrogen-bond acceptors (Lipinski definition) is 5. The zero-order chi connectivity index (χ0) is 23.7. The fourth-order valence-corrected chi connectivity index (χ4v) is 5.35. The molecule has 172 valence electrons. The normalized spacial score (nSPS) is 17.0. The molecule has 2 atom stereocenters. The minimum atomic E-state index is -0.467. The van der Waals surface area contributed by atoms with Crippen molar-refractivity contribution in [2.75, 3.05) is 10.7 Å². The van der Waals surface area contributed by atoms with E-state index in [-0.39, 0.29) is 11.9 Å². The Hall–Kier alpha value is -3.29. The van der Waals surface area contributed by atoms with Crippen molar-refractivity contribution >= 4 is 35.0 Å². The van der Waals surface area contributed by atoms with Crippen molar-refractivity contribution in [3.63, 3.8) is 0 Å². The molecular weight excluding hydrogens is 466 g/mol. The van der Waals surface area contributed by atoms with E-state index in [4.69, 9.17) is 11.6 Å². The second-order valence-corrected chi connectivity index (χ2v) is 9.70. The second-order valence-electron chi connectivity index (χ2n) is 8.16. The van der Waals surface area contributed by atoms with Crippen LogP contribution in [0, 0.1) is 6.92 Å². The van der Waals surface area contributed by atoms with E-state index in [0.717, 1.165) is 34.4 Å². The summed E-state index contributed by atoms with van der Waals surface area (Å²) >= 11 is 7.55. The van der Waals surface area contributed by atoms with Crippen molar-refractivity contribution in [3.05, 3.63) is 94.5 Å². The number of thioether (sulfide) groups is 1. The van der Waals surface area contributed by atoms with Crippen LogP contribution in [0.1, 0.15) is 29.7 Å². The molecule has 0 saturated carbocycles. The van der Waals surface area contributed by atoms with Gasteiger partial charge in [-0.3, -0.25) is 4.79 Å². The summed E-state index contributed by atoms with van der Waals surface area (Å²) in [6.45, 7) is 4.10. The molecule has 0 aliphatic carbocycles. The van der Waals surface area contributed by atoms with Gasteiger partial charge in [0.2, 0.25) is 11.1 Å². The van der Waals surface area contributed by atoms with Crippen molar-refractivity contribution in [1.82, 2.24) is 14.9 Å². The number of amides is 1. The van der Waals surface area contributed by atoms with E-state index in [1.165, 1.54) is 11.8 Å². The summed E-state index contributed by atoms with van der Waals surface area (Å²) in [7, 11) is 0. The highest BCUT2D eigenvalue weighted by atomic mass is 35.5. The monoisotopic (exact) mass is 489 g/mol. The van der Waals surface area contributed by atoms with Crippen molar-refractivity contribution in [2.45, 2.75) is 36.7 Å². The third kappa shape index (κ3) is 4.29. The molecule has 34 heavy (non-hydrogen) atoms. The van der Waals surface area contributed by atoms with Crippen LogP contribution in [0.5, 0.6) is 0 Å². The number of aromatic nitrogens is 3. The van der Waals surface area contributed by atoms with Crippen molar-refractivity contribution in [3.8, 4) is 11.4 Å². The molecule has 0 radical (unpaired) electrons. The average molecular weight is 490 g/mol. The van der Waals surface area contributed by atoms with E-state index < -0.39 is 5.25 Å². The Morgan fingerprint density at radius 2 is 1.82 bits per heavy atom. The summed E-state index contributed by atoms with van der Waals surface area (Å²) in [5.41, 5.74) is 8.43. The number of nitrogens with zero attached hydrogens (tertiary/aromatic N) is 3. The molecule has 0 saturated heterocycles. The highest BCUT2D eigenvalue weighted by molar-refractivity contribution is 8.00. The summed E-state index contributed by atoms with van der Waals surface area (Å²) in [6.07, 6.45) is 0.836. The Kier molecular flexibility index (Phi) is 6.30. The van der Waals surface area contributed by atoms with Gasteiger partial charge in [-0.15, -0.1) is 10.2 Å². The molecular formula is C26H24ClN5OS. The van der Waals surface area contributed by atoms with Crippen molar-refractivity contribution in [2.24, 2.45) is 0 Å². The maximum absolute atomic E-state index is 13.7. The molecule has 6 nitrogen and oxygen atoms in total. The molecule has 0 spiro atoms. The van der Waals surface area contributed by atoms with Gasteiger partial charge >= 0.3 is 0 Å². The smallest absolute Gasteiger partial charge is 0.240 e. The van der Waals surface area contributed by atoms with Crippen LogP contribution in [-0.2, 0) is 11.2 Å². The van der Waals surface area contributed by atoms with Crippen molar-refractivity contribution < 1.29 is 4.79 Å². The Morgan fingerprint density at radius 1 is 1.06 bits per heavy atom. The number of para-hydroxylation sites is 1. The molecule has 3 aromatic carbocycles. The number of nitrogens with one attached hydrogen (secondary N) is 2. The number of hydrogen-bond donors (Lipinski definition) is 2. The minimum absolute atomic E-state index is 0.0861. The van der Waals surface area contributed by atoms with Gasteiger partial charge in [-0.05, 0) is 42.2 Å². The third-order valence-electron chi connectivity index (χ3n) is 5.94. The Balaban J connectivity index is 1.53. The topological polar surface area (TPSA) is 71.8 Å². The molecule has 1 aromatic heterocycles. The predicted octanol–water partition coefficient (Wildman–Crippen LogP) is 5.87. The van der Waals surface area contributed by atoms with Crippen LogP contribution in [0.25, 0.3) is 11.4 Å². The lowest BCUT2D eigenvalue weighted by molar-refractivity contribution is -0.116. The number of aryl methyl sites for hydroxylation is 2. The van der Waals surface area contributed by atoms with E-state index in [2.05, 4.69) is 27.9 Å². The minimum Gasteiger partial charge on any atom is -0.325 e. The number of benzene rings is 3. The van der Waals surface area contributed by atoms with E-state index in [0.29, 0.717) is 16.0 Å². The summed E-state index contributed by atoms with van der Waals surface area (Å²) in [5, 5.41) is 12.8. The number of anilines is 1. The quantitative estimate of drug-likeness (QED) is 0.367. The first-order chi connectivity index (χ1) is 16.5. The van der Waals surface area contributed by atoms with Gasteiger partial charge in [0.05, 0.1) is 6.04 Å². The SMILES string of the molecule is CCc1cccc(C)c1NC(=O)[C@H]1Sc2nnc(-c3ccccc3)n2N[C@@H]1c1ccc(Cl)cc1. The maximum Gasteiger partial charge on any atom is 0.240 e. The Bertz CT molecular complexity index is 1320. The lowest BCUT2D eigenvalue weighted by Crippen LogP contribution is -2.41. The highest BCUT2D eigenvalue weighted by Gasteiger charge is 2.38. The van der Waals surface area contributed by atoms with Gasteiger partial charge in [-0.1, -0.05) is 91.0 Å². The Labute approximate surface area is 207 Å². The standard InChI is InChI=1S/C26H24ClN5OS/c1-3-17-11-7-8-16(2)21(17)28-25(33)23-22(18-12-14-20(27)15-13-18)31-32-24(29-30-26(32)34-23)19-9-5-4-6-10-19/h4-15,22-23,31H,3H2,1-2H3,(H,28,33)/t22-,23+/m1/s1. The molecule has 0 unspecified atom stereocenters. The molecule has 5 rings (SSSR count). The van der Waals surface area contributed by atoms with Crippen LogP contribution in [0.15, 0.2) is 78.0 Å². The second kappa shape index (κ2) is 9.52. The number of carbonyl (C=O) groups excluding carboxylic acids is 1. The number of rotatable bonds is 5. The molecule has 1 aliphatic heterocycles. The highest BCUT2D eigenvalue weighted by Crippen LogP contribution is 2.39. The lowest BCUT2D eigenvalue weighted by atomic mass is 10.0. The molecule has 0 fully saturated rings. The lowest BCUT2D eigenvalue weighted by Gasteiger charge is -2.33. The molecule has 8 heteroatoms. The number of halogens is 1. The fraction of sp³-hybridized carbons (Fsp3) is 0.192.